The van der Waals surface area contributed by atoms with E-state index < -0.39 is 0 Å². The van der Waals surface area contributed by atoms with E-state index >= 15 is 0 Å². The third kappa shape index (κ3) is 6.17. The van der Waals surface area contributed by atoms with E-state index in [0.29, 0.717) is 18.7 Å². The van der Waals surface area contributed by atoms with E-state index in [-0.39, 0.29) is 12.1 Å². The second-order valence-corrected chi connectivity index (χ2v) is 2.88. The molecule has 0 fully saturated rings. The van der Waals surface area contributed by atoms with Crippen LogP contribution in [-0.2, 0) is 9.53 Å². The van der Waals surface area contributed by atoms with Crippen molar-refractivity contribution in [2.24, 2.45) is 0 Å². The molecular formula is C8H15ClO2. The lowest BCUT2D eigenvalue weighted by Crippen LogP contribution is -2.13. The Bertz CT molecular complexity index is 115. The SMILES string of the molecule is CC[C@@H](C)OC(=O)CCCCl. The zero-order valence-electron chi connectivity index (χ0n) is 7.10. The summed E-state index contributed by atoms with van der Waals surface area (Å²) in [5.41, 5.74) is 0. The van der Waals surface area contributed by atoms with Crippen LogP contribution in [0, 0.1) is 0 Å². The molecule has 0 bridgehead atoms. The lowest BCUT2D eigenvalue weighted by Gasteiger charge is -2.09. The van der Waals surface area contributed by atoms with E-state index in [1.807, 2.05) is 13.8 Å². The van der Waals surface area contributed by atoms with E-state index in [1.54, 1.807) is 0 Å². The Morgan fingerprint density at radius 2 is 2.27 bits per heavy atom. The molecule has 0 radical (unpaired) electrons. The van der Waals surface area contributed by atoms with Crippen LogP contribution in [0.25, 0.3) is 0 Å². The highest BCUT2D eigenvalue weighted by molar-refractivity contribution is 6.17. The van der Waals surface area contributed by atoms with Crippen LogP contribution in [0.3, 0.4) is 0 Å². The van der Waals surface area contributed by atoms with Crippen molar-refractivity contribution in [2.75, 3.05) is 5.88 Å². The summed E-state index contributed by atoms with van der Waals surface area (Å²) in [5.74, 6) is 0.385. The van der Waals surface area contributed by atoms with Gasteiger partial charge in [-0.3, -0.25) is 4.79 Å². The Kier molecular flexibility index (Phi) is 6.33. The Hall–Kier alpha value is -0.240. The Labute approximate surface area is 72.9 Å². The molecule has 0 rings (SSSR count). The van der Waals surface area contributed by atoms with Crippen LogP contribution < -0.4 is 0 Å². The third-order valence-corrected chi connectivity index (χ3v) is 1.69. The van der Waals surface area contributed by atoms with E-state index in [1.165, 1.54) is 0 Å². The zero-order valence-corrected chi connectivity index (χ0v) is 7.86. The summed E-state index contributed by atoms with van der Waals surface area (Å²) in [5, 5.41) is 0. The number of esters is 1. The third-order valence-electron chi connectivity index (χ3n) is 1.42. The second-order valence-electron chi connectivity index (χ2n) is 2.50. The topological polar surface area (TPSA) is 26.3 Å². The fourth-order valence-electron chi connectivity index (χ4n) is 0.578. The fraction of sp³-hybridized carbons (Fsp3) is 0.875. The average Bonchev–Trinajstić information content (AvgIpc) is 2.00. The molecule has 0 aliphatic heterocycles. The van der Waals surface area contributed by atoms with E-state index in [0.717, 1.165) is 6.42 Å². The summed E-state index contributed by atoms with van der Waals surface area (Å²) in [7, 11) is 0. The van der Waals surface area contributed by atoms with Gasteiger partial charge in [0.15, 0.2) is 0 Å². The number of rotatable bonds is 5. The first-order valence-electron chi connectivity index (χ1n) is 3.96. The molecule has 0 saturated carbocycles. The van der Waals surface area contributed by atoms with Gasteiger partial charge in [0, 0.05) is 12.3 Å². The van der Waals surface area contributed by atoms with Gasteiger partial charge in [-0.1, -0.05) is 6.92 Å². The summed E-state index contributed by atoms with van der Waals surface area (Å²) in [6, 6.07) is 0. The van der Waals surface area contributed by atoms with Gasteiger partial charge in [0.1, 0.15) is 0 Å². The lowest BCUT2D eigenvalue weighted by atomic mass is 10.3. The van der Waals surface area contributed by atoms with Crippen LogP contribution >= 0.6 is 11.6 Å². The number of carbonyl (C=O) groups is 1. The van der Waals surface area contributed by atoms with Crippen molar-refractivity contribution in [2.45, 2.75) is 39.2 Å². The molecule has 66 valence electrons. The molecule has 0 unspecified atom stereocenters. The minimum absolute atomic E-state index is 0.0397. The number of ether oxygens (including phenoxy) is 1. The first kappa shape index (κ1) is 10.8. The van der Waals surface area contributed by atoms with Crippen molar-refractivity contribution in [1.29, 1.82) is 0 Å². The van der Waals surface area contributed by atoms with Crippen LogP contribution in [0.4, 0.5) is 0 Å². The Morgan fingerprint density at radius 1 is 1.64 bits per heavy atom. The number of hydrogen-bond acceptors (Lipinski definition) is 2. The minimum Gasteiger partial charge on any atom is -0.463 e. The standard InChI is InChI=1S/C8H15ClO2/c1-3-7(2)11-8(10)5-4-6-9/h7H,3-6H2,1-2H3/t7-/m1/s1. The largest absolute Gasteiger partial charge is 0.463 e. The van der Waals surface area contributed by atoms with Crippen molar-refractivity contribution in [3.8, 4) is 0 Å². The maximum atomic E-state index is 10.9. The summed E-state index contributed by atoms with van der Waals surface area (Å²) in [6.45, 7) is 3.87. The highest BCUT2D eigenvalue weighted by atomic mass is 35.5. The minimum atomic E-state index is -0.139. The number of halogens is 1. The molecule has 11 heavy (non-hydrogen) atoms. The van der Waals surface area contributed by atoms with Crippen LogP contribution in [0.5, 0.6) is 0 Å². The molecule has 0 spiro atoms. The molecule has 0 aromatic rings. The average molecular weight is 179 g/mol. The molecule has 2 nitrogen and oxygen atoms in total. The molecule has 3 heteroatoms. The first-order valence-corrected chi connectivity index (χ1v) is 4.49. The van der Waals surface area contributed by atoms with Crippen molar-refractivity contribution in [1.82, 2.24) is 0 Å². The van der Waals surface area contributed by atoms with Crippen LogP contribution in [-0.4, -0.2) is 18.0 Å². The van der Waals surface area contributed by atoms with Gasteiger partial charge in [0.2, 0.25) is 0 Å². The van der Waals surface area contributed by atoms with Crippen LogP contribution in [0.15, 0.2) is 0 Å². The monoisotopic (exact) mass is 178 g/mol. The summed E-state index contributed by atoms with van der Waals surface area (Å²) >= 11 is 5.41. The second kappa shape index (κ2) is 6.47. The van der Waals surface area contributed by atoms with Gasteiger partial charge in [-0.2, -0.15) is 0 Å². The van der Waals surface area contributed by atoms with Crippen molar-refractivity contribution in [3.63, 3.8) is 0 Å². The lowest BCUT2D eigenvalue weighted by molar-refractivity contribution is -0.148. The first-order chi connectivity index (χ1) is 5.20. The van der Waals surface area contributed by atoms with Crippen LogP contribution in [0.2, 0.25) is 0 Å². The molecule has 1 atom stereocenters. The normalized spacial score (nSPS) is 12.6. The molecular weight excluding hydrogens is 164 g/mol. The van der Waals surface area contributed by atoms with Gasteiger partial charge < -0.3 is 4.74 Å². The quantitative estimate of drug-likeness (QED) is 0.477. The van der Waals surface area contributed by atoms with Gasteiger partial charge in [-0.15, -0.1) is 11.6 Å². The number of alkyl halides is 1. The Morgan fingerprint density at radius 3 is 2.73 bits per heavy atom. The maximum Gasteiger partial charge on any atom is 0.306 e. The van der Waals surface area contributed by atoms with Gasteiger partial charge in [-0.05, 0) is 19.8 Å². The van der Waals surface area contributed by atoms with Crippen molar-refractivity contribution < 1.29 is 9.53 Å². The predicted octanol–water partition coefficient (Wildman–Crippen LogP) is 2.35. The highest BCUT2D eigenvalue weighted by Crippen LogP contribution is 2.01. The molecule has 0 saturated heterocycles. The molecule has 0 heterocycles. The maximum absolute atomic E-state index is 10.9. The zero-order chi connectivity index (χ0) is 8.69. The molecule has 0 N–H and O–H groups in total. The van der Waals surface area contributed by atoms with E-state index in [4.69, 9.17) is 16.3 Å². The smallest absolute Gasteiger partial charge is 0.306 e. The van der Waals surface area contributed by atoms with E-state index in [2.05, 4.69) is 0 Å². The molecule has 0 aliphatic rings. The number of hydrogen-bond donors (Lipinski definition) is 0. The molecule has 0 aromatic heterocycles. The highest BCUT2D eigenvalue weighted by Gasteiger charge is 2.05. The van der Waals surface area contributed by atoms with Crippen LogP contribution in [0.1, 0.15) is 33.1 Å². The number of carbonyl (C=O) groups excluding carboxylic acids is 1. The molecule has 0 aliphatic carbocycles. The summed E-state index contributed by atoms with van der Waals surface area (Å²) < 4.78 is 5.00. The fourth-order valence-corrected chi connectivity index (χ4v) is 0.711. The van der Waals surface area contributed by atoms with Crippen molar-refractivity contribution >= 4 is 17.6 Å². The van der Waals surface area contributed by atoms with Gasteiger partial charge in [0.25, 0.3) is 0 Å². The summed E-state index contributed by atoms with van der Waals surface area (Å²) in [4.78, 5) is 10.9. The van der Waals surface area contributed by atoms with Gasteiger partial charge in [0.05, 0.1) is 6.10 Å². The molecule has 0 amide bonds. The predicted molar refractivity (Wildman–Crippen MR) is 45.8 cm³/mol. The summed E-state index contributed by atoms with van der Waals surface area (Å²) in [6.07, 6.45) is 2.05. The van der Waals surface area contributed by atoms with Gasteiger partial charge >= 0.3 is 5.97 Å². The van der Waals surface area contributed by atoms with E-state index in [9.17, 15) is 4.79 Å². The molecule has 0 aromatic carbocycles. The Balaban J connectivity index is 3.36. The van der Waals surface area contributed by atoms with Gasteiger partial charge in [-0.25, -0.2) is 0 Å². The van der Waals surface area contributed by atoms with Crippen molar-refractivity contribution in [3.05, 3.63) is 0 Å².